The highest BCUT2D eigenvalue weighted by molar-refractivity contribution is 5.50. The Kier molecular flexibility index (Phi) is 3.01. The first-order chi connectivity index (χ1) is 6.47. The SMILES string of the molecule is CN(c1ccc(O)cc1)C(C)(C)CN. The Morgan fingerprint density at radius 2 is 1.79 bits per heavy atom. The molecule has 0 atom stereocenters. The molecular formula is C11H18N2O. The summed E-state index contributed by atoms with van der Waals surface area (Å²) in [7, 11) is 2.00. The van der Waals surface area contributed by atoms with E-state index in [2.05, 4.69) is 18.7 Å². The monoisotopic (exact) mass is 194 g/mol. The molecule has 0 aliphatic rings. The zero-order chi connectivity index (χ0) is 10.8. The van der Waals surface area contributed by atoms with Gasteiger partial charge in [0.1, 0.15) is 5.75 Å². The first-order valence-corrected chi connectivity index (χ1v) is 4.70. The molecule has 14 heavy (non-hydrogen) atoms. The van der Waals surface area contributed by atoms with Gasteiger partial charge in [-0.15, -0.1) is 0 Å². The first kappa shape index (κ1) is 10.9. The minimum absolute atomic E-state index is 0.0724. The smallest absolute Gasteiger partial charge is 0.115 e. The Bertz CT molecular complexity index is 293. The van der Waals surface area contributed by atoms with Crippen LogP contribution in [0.4, 0.5) is 5.69 Å². The molecule has 0 heterocycles. The van der Waals surface area contributed by atoms with Gasteiger partial charge in [0.15, 0.2) is 0 Å². The van der Waals surface area contributed by atoms with Crippen LogP contribution in [0, 0.1) is 0 Å². The normalized spacial score (nSPS) is 11.4. The molecule has 0 aliphatic carbocycles. The van der Waals surface area contributed by atoms with E-state index in [0.717, 1.165) is 5.69 Å². The molecule has 0 spiro atoms. The molecule has 0 saturated heterocycles. The summed E-state index contributed by atoms with van der Waals surface area (Å²) in [6.07, 6.45) is 0. The van der Waals surface area contributed by atoms with Crippen LogP contribution in [-0.2, 0) is 0 Å². The van der Waals surface area contributed by atoms with Crippen molar-refractivity contribution in [3.8, 4) is 5.75 Å². The molecule has 3 heteroatoms. The fourth-order valence-corrected chi connectivity index (χ4v) is 1.16. The fraction of sp³-hybridized carbons (Fsp3) is 0.455. The number of rotatable bonds is 3. The van der Waals surface area contributed by atoms with Crippen LogP contribution < -0.4 is 10.6 Å². The van der Waals surface area contributed by atoms with Crippen molar-refractivity contribution in [1.29, 1.82) is 0 Å². The van der Waals surface area contributed by atoms with Gasteiger partial charge in [-0.1, -0.05) is 0 Å². The first-order valence-electron chi connectivity index (χ1n) is 4.70. The fourth-order valence-electron chi connectivity index (χ4n) is 1.16. The Hall–Kier alpha value is -1.22. The van der Waals surface area contributed by atoms with Gasteiger partial charge in [-0.25, -0.2) is 0 Å². The largest absolute Gasteiger partial charge is 0.508 e. The summed E-state index contributed by atoms with van der Waals surface area (Å²) >= 11 is 0. The van der Waals surface area contributed by atoms with Gasteiger partial charge in [0.2, 0.25) is 0 Å². The number of nitrogens with zero attached hydrogens (tertiary/aromatic N) is 1. The van der Waals surface area contributed by atoms with Crippen LogP contribution in [0.1, 0.15) is 13.8 Å². The maximum atomic E-state index is 9.16. The molecule has 3 nitrogen and oxygen atoms in total. The van der Waals surface area contributed by atoms with Crippen LogP contribution in [0.3, 0.4) is 0 Å². The molecule has 0 amide bonds. The van der Waals surface area contributed by atoms with E-state index in [1.165, 1.54) is 0 Å². The molecule has 0 unspecified atom stereocenters. The summed E-state index contributed by atoms with van der Waals surface area (Å²) < 4.78 is 0. The zero-order valence-electron chi connectivity index (χ0n) is 8.99. The Morgan fingerprint density at radius 1 is 1.29 bits per heavy atom. The maximum absolute atomic E-state index is 9.16. The molecule has 78 valence electrons. The van der Waals surface area contributed by atoms with E-state index in [4.69, 9.17) is 10.8 Å². The minimum atomic E-state index is -0.0724. The molecular weight excluding hydrogens is 176 g/mol. The van der Waals surface area contributed by atoms with Gasteiger partial charge in [0.05, 0.1) is 0 Å². The van der Waals surface area contributed by atoms with E-state index in [1.54, 1.807) is 12.1 Å². The van der Waals surface area contributed by atoms with Gasteiger partial charge in [-0.2, -0.15) is 0 Å². The van der Waals surface area contributed by atoms with Crippen molar-refractivity contribution >= 4 is 5.69 Å². The number of benzene rings is 1. The van der Waals surface area contributed by atoms with E-state index < -0.39 is 0 Å². The van der Waals surface area contributed by atoms with E-state index >= 15 is 0 Å². The topological polar surface area (TPSA) is 49.5 Å². The molecule has 3 N–H and O–H groups in total. The maximum Gasteiger partial charge on any atom is 0.115 e. The van der Waals surface area contributed by atoms with Gasteiger partial charge >= 0.3 is 0 Å². The highest BCUT2D eigenvalue weighted by Crippen LogP contribution is 2.23. The number of phenolic OH excluding ortho intramolecular Hbond substituents is 1. The second-order valence-corrected chi connectivity index (χ2v) is 4.09. The third kappa shape index (κ3) is 2.17. The van der Waals surface area contributed by atoms with Gasteiger partial charge in [0.25, 0.3) is 0 Å². The molecule has 1 aromatic carbocycles. The molecule has 0 saturated carbocycles. The van der Waals surface area contributed by atoms with Crippen molar-refractivity contribution in [1.82, 2.24) is 0 Å². The quantitative estimate of drug-likeness (QED) is 0.767. The average Bonchev–Trinajstić information content (AvgIpc) is 2.18. The summed E-state index contributed by atoms with van der Waals surface area (Å²) in [4.78, 5) is 2.10. The highest BCUT2D eigenvalue weighted by atomic mass is 16.3. The molecule has 1 aromatic rings. The van der Waals surface area contributed by atoms with Gasteiger partial charge < -0.3 is 15.7 Å². The van der Waals surface area contributed by atoms with Crippen molar-refractivity contribution in [2.45, 2.75) is 19.4 Å². The van der Waals surface area contributed by atoms with E-state index in [9.17, 15) is 0 Å². The third-order valence-corrected chi connectivity index (χ3v) is 2.64. The van der Waals surface area contributed by atoms with Crippen molar-refractivity contribution in [2.75, 3.05) is 18.5 Å². The van der Waals surface area contributed by atoms with E-state index in [1.807, 2.05) is 19.2 Å². The van der Waals surface area contributed by atoms with Crippen molar-refractivity contribution in [3.63, 3.8) is 0 Å². The van der Waals surface area contributed by atoms with E-state index in [-0.39, 0.29) is 11.3 Å². The Labute approximate surface area is 85.2 Å². The van der Waals surface area contributed by atoms with Crippen LogP contribution in [0.5, 0.6) is 5.75 Å². The minimum Gasteiger partial charge on any atom is -0.508 e. The Balaban J connectivity index is 2.89. The summed E-state index contributed by atoms with van der Waals surface area (Å²) in [5.74, 6) is 0.285. The zero-order valence-corrected chi connectivity index (χ0v) is 8.99. The highest BCUT2D eigenvalue weighted by Gasteiger charge is 2.21. The lowest BCUT2D eigenvalue weighted by atomic mass is 10.0. The van der Waals surface area contributed by atoms with Crippen LogP contribution >= 0.6 is 0 Å². The number of hydrogen-bond donors (Lipinski definition) is 2. The van der Waals surface area contributed by atoms with Crippen molar-refractivity contribution < 1.29 is 5.11 Å². The second kappa shape index (κ2) is 3.88. The number of aromatic hydroxyl groups is 1. The molecule has 0 radical (unpaired) electrons. The molecule has 0 bridgehead atoms. The molecule has 0 aliphatic heterocycles. The molecule has 0 fully saturated rings. The number of likely N-dealkylation sites (N-methyl/N-ethyl adjacent to an activating group) is 1. The Morgan fingerprint density at radius 3 is 2.21 bits per heavy atom. The van der Waals surface area contributed by atoms with Gasteiger partial charge in [0, 0.05) is 24.8 Å². The third-order valence-electron chi connectivity index (χ3n) is 2.64. The van der Waals surface area contributed by atoms with Gasteiger partial charge in [-0.05, 0) is 38.1 Å². The molecule has 1 rings (SSSR count). The molecule has 0 aromatic heterocycles. The van der Waals surface area contributed by atoms with Crippen LogP contribution in [0.15, 0.2) is 24.3 Å². The lowest BCUT2D eigenvalue weighted by Crippen LogP contribution is -2.47. The summed E-state index contributed by atoms with van der Waals surface area (Å²) in [6, 6.07) is 7.12. The van der Waals surface area contributed by atoms with Crippen LogP contribution in [0.2, 0.25) is 0 Å². The van der Waals surface area contributed by atoms with Crippen molar-refractivity contribution in [2.24, 2.45) is 5.73 Å². The number of nitrogens with two attached hydrogens (primary N) is 1. The summed E-state index contributed by atoms with van der Waals surface area (Å²) in [6.45, 7) is 4.75. The second-order valence-electron chi connectivity index (χ2n) is 4.09. The predicted octanol–water partition coefficient (Wildman–Crippen LogP) is 1.57. The number of hydrogen-bond acceptors (Lipinski definition) is 3. The predicted molar refractivity (Wildman–Crippen MR) is 59.6 cm³/mol. The summed E-state index contributed by atoms with van der Waals surface area (Å²) in [5.41, 5.74) is 6.66. The lowest BCUT2D eigenvalue weighted by Gasteiger charge is -2.36. The van der Waals surface area contributed by atoms with Crippen LogP contribution in [-0.4, -0.2) is 24.2 Å². The average molecular weight is 194 g/mol. The summed E-state index contributed by atoms with van der Waals surface area (Å²) in [5, 5.41) is 9.16. The lowest BCUT2D eigenvalue weighted by molar-refractivity contribution is 0.474. The van der Waals surface area contributed by atoms with E-state index in [0.29, 0.717) is 6.54 Å². The van der Waals surface area contributed by atoms with Crippen molar-refractivity contribution in [3.05, 3.63) is 24.3 Å². The number of anilines is 1. The van der Waals surface area contributed by atoms with Gasteiger partial charge in [-0.3, -0.25) is 0 Å². The number of phenols is 1. The standard InChI is InChI=1S/C11H18N2O/c1-11(2,8-12)13(3)9-4-6-10(14)7-5-9/h4-7,14H,8,12H2,1-3H3. The van der Waals surface area contributed by atoms with Crippen LogP contribution in [0.25, 0.3) is 0 Å².